The standard InChI is InChI=1S/C9H15N3O4/c1-9(2,3)16-7(14)10-12-6(13)5-11(4)8(12)15/h5H2,1-4H3,(H,10,14). The Morgan fingerprint density at radius 2 is 1.94 bits per heavy atom. The van der Waals surface area contributed by atoms with Crippen LogP contribution in [0.5, 0.6) is 0 Å². The Labute approximate surface area is 93.3 Å². The molecule has 0 bridgehead atoms. The summed E-state index contributed by atoms with van der Waals surface area (Å²) in [4.78, 5) is 35.2. The first-order valence-corrected chi connectivity index (χ1v) is 4.78. The number of imide groups is 1. The number of carbonyl (C=O) groups is 3. The number of nitrogens with zero attached hydrogens (tertiary/aromatic N) is 2. The summed E-state index contributed by atoms with van der Waals surface area (Å²) in [5.74, 6) is -0.488. The van der Waals surface area contributed by atoms with Gasteiger partial charge in [0.25, 0.3) is 5.91 Å². The normalized spacial score (nSPS) is 16.8. The van der Waals surface area contributed by atoms with E-state index in [1.54, 1.807) is 20.8 Å². The maximum absolute atomic E-state index is 11.4. The molecule has 1 fully saturated rings. The summed E-state index contributed by atoms with van der Waals surface area (Å²) < 4.78 is 4.92. The second-order valence-corrected chi connectivity index (χ2v) is 4.48. The van der Waals surface area contributed by atoms with Crippen LogP contribution in [0.15, 0.2) is 0 Å². The van der Waals surface area contributed by atoms with Gasteiger partial charge in [0.2, 0.25) is 0 Å². The Morgan fingerprint density at radius 1 is 1.38 bits per heavy atom. The lowest BCUT2D eigenvalue weighted by molar-refractivity contribution is -0.127. The topological polar surface area (TPSA) is 79.0 Å². The monoisotopic (exact) mass is 229 g/mol. The van der Waals surface area contributed by atoms with Crippen molar-refractivity contribution in [2.75, 3.05) is 13.6 Å². The van der Waals surface area contributed by atoms with Crippen LogP contribution < -0.4 is 5.43 Å². The fourth-order valence-corrected chi connectivity index (χ4v) is 1.12. The van der Waals surface area contributed by atoms with Gasteiger partial charge in [-0.05, 0) is 20.8 Å². The maximum Gasteiger partial charge on any atom is 0.427 e. The van der Waals surface area contributed by atoms with E-state index in [0.29, 0.717) is 5.01 Å². The Hall–Kier alpha value is -1.79. The molecular weight excluding hydrogens is 214 g/mol. The Morgan fingerprint density at radius 3 is 2.31 bits per heavy atom. The molecule has 1 N–H and O–H groups in total. The van der Waals surface area contributed by atoms with Crippen molar-refractivity contribution in [2.24, 2.45) is 0 Å². The van der Waals surface area contributed by atoms with E-state index >= 15 is 0 Å². The van der Waals surface area contributed by atoms with Crippen molar-refractivity contribution in [1.82, 2.24) is 15.3 Å². The average molecular weight is 229 g/mol. The van der Waals surface area contributed by atoms with Gasteiger partial charge in [0.1, 0.15) is 12.1 Å². The Kier molecular flexibility index (Phi) is 3.06. The minimum absolute atomic E-state index is 0.0470. The van der Waals surface area contributed by atoms with E-state index < -0.39 is 23.6 Å². The maximum atomic E-state index is 11.4. The lowest BCUT2D eigenvalue weighted by atomic mass is 10.2. The zero-order valence-electron chi connectivity index (χ0n) is 9.73. The van der Waals surface area contributed by atoms with E-state index in [4.69, 9.17) is 4.74 Å². The molecule has 0 atom stereocenters. The minimum atomic E-state index is -0.829. The summed E-state index contributed by atoms with van der Waals surface area (Å²) in [6.45, 7) is 5.01. The molecule has 90 valence electrons. The number of hydrazine groups is 1. The summed E-state index contributed by atoms with van der Waals surface area (Å²) in [6.07, 6.45) is -0.829. The molecule has 1 aliphatic heterocycles. The number of rotatable bonds is 1. The van der Waals surface area contributed by atoms with Crippen LogP contribution in [0, 0.1) is 0 Å². The van der Waals surface area contributed by atoms with E-state index in [1.807, 2.05) is 0 Å². The molecule has 4 amide bonds. The van der Waals surface area contributed by atoms with Gasteiger partial charge >= 0.3 is 12.1 Å². The molecule has 1 rings (SSSR count). The van der Waals surface area contributed by atoms with Gasteiger partial charge in [0, 0.05) is 7.05 Å². The predicted molar refractivity (Wildman–Crippen MR) is 54.2 cm³/mol. The van der Waals surface area contributed by atoms with Crippen LogP contribution in [0.1, 0.15) is 20.8 Å². The first-order valence-electron chi connectivity index (χ1n) is 4.78. The summed E-state index contributed by atoms with van der Waals surface area (Å²) >= 11 is 0. The molecule has 1 heterocycles. The summed E-state index contributed by atoms with van der Waals surface area (Å²) in [5.41, 5.74) is 1.42. The SMILES string of the molecule is CN1CC(=O)N(NC(=O)OC(C)(C)C)C1=O. The van der Waals surface area contributed by atoms with Gasteiger partial charge in [-0.1, -0.05) is 0 Å². The summed E-state index contributed by atoms with van der Waals surface area (Å²) in [5, 5.41) is 0.647. The third kappa shape index (κ3) is 2.85. The molecule has 0 saturated carbocycles. The van der Waals surface area contributed by atoms with Crippen LogP contribution in [0.4, 0.5) is 9.59 Å². The van der Waals surface area contributed by atoms with Crippen molar-refractivity contribution in [3.8, 4) is 0 Å². The molecule has 0 aliphatic carbocycles. The highest BCUT2D eigenvalue weighted by molar-refractivity contribution is 6.02. The number of hydrogen-bond donors (Lipinski definition) is 1. The van der Waals surface area contributed by atoms with Crippen LogP contribution in [0.25, 0.3) is 0 Å². The van der Waals surface area contributed by atoms with Gasteiger partial charge in [-0.15, -0.1) is 0 Å². The summed E-state index contributed by atoms with van der Waals surface area (Å²) in [7, 11) is 1.47. The zero-order valence-corrected chi connectivity index (χ0v) is 9.73. The van der Waals surface area contributed by atoms with Crippen LogP contribution in [-0.4, -0.2) is 47.1 Å². The number of likely N-dealkylation sites (N-methyl/N-ethyl adjacent to an activating group) is 1. The van der Waals surface area contributed by atoms with Gasteiger partial charge in [-0.2, -0.15) is 5.01 Å². The fraction of sp³-hybridized carbons (Fsp3) is 0.667. The van der Waals surface area contributed by atoms with Gasteiger partial charge in [0.05, 0.1) is 0 Å². The molecule has 1 saturated heterocycles. The summed E-state index contributed by atoms with van der Waals surface area (Å²) in [6, 6.07) is -0.573. The van der Waals surface area contributed by atoms with Crippen molar-refractivity contribution < 1.29 is 19.1 Å². The van der Waals surface area contributed by atoms with Gasteiger partial charge in [0.15, 0.2) is 0 Å². The molecule has 0 spiro atoms. The predicted octanol–water partition coefficient (Wildman–Crippen LogP) is 0.320. The van der Waals surface area contributed by atoms with E-state index in [1.165, 1.54) is 11.9 Å². The van der Waals surface area contributed by atoms with Crippen molar-refractivity contribution in [2.45, 2.75) is 26.4 Å². The molecular formula is C9H15N3O4. The number of urea groups is 1. The van der Waals surface area contributed by atoms with E-state index in [-0.39, 0.29) is 6.54 Å². The highest BCUT2D eigenvalue weighted by Gasteiger charge is 2.35. The largest absolute Gasteiger partial charge is 0.443 e. The molecule has 7 nitrogen and oxygen atoms in total. The number of carbonyl (C=O) groups excluding carboxylic acids is 3. The van der Waals surface area contributed by atoms with Crippen molar-refractivity contribution in [3.63, 3.8) is 0 Å². The second-order valence-electron chi connectivity index (χ2n) is 4.48. The first-order chi connectivity index (χ1) is 7.20. The average Bonchev–Trinajstić information content (AvgIpc) is 2.29. The van der Waals surface area contributed by atoms with Crippen LogP contribution >= 0.6 is 0 Å². The van der Waals surface area contributed by atoms with E-state index in [9.17, 15) is 14.4 Å². The Bertz CT molecular complexity index is 334. The number of ether oxygens (including phenoxy) is 1. The van der Waals surface area contributed by atoms with Crippen LogP contribution in [0.2, 0.25) is 0 Å². The van der Waals surface area contributed by atoms with Crippen LogP contribution in [-0.2, 0) is 9.53 Å². The fourth-order valence-electron chi connectivity index (χ4n) is 1.12. The van der Waals surface area contributed by atoms with Crippen molar-refractivity contribution in [1.29, 1.82) is 0 Å². The van der Waals surface area contributed by atoms with Crippen molar-refractivity contribution in [3.05, 3.63) is 0 Å². The molecule has 0 aromatic carbocycles. The zero-order chi connectivity index (χ0) is 12.5. The molecule has 16 heavy (non-hydrogen) atoms. The van der Waals surface area contributed by atoms with Crippen LogP contribution in [0.3, 0.4) is 0 Å². The first kappa shape index (κ1) is 12.3. The smallest absolute Gasteiger partial charge is 0.427 e. The third-order valence-electron chi connectivity index (χ3n) is 1.74. The molecule has 0 radical (unpaired) electrons. The quantitative estimate of drug-likeness (QED) is 0.657. The lowest BCUT2D eigenvalue weighted by Crippen LogP contribution is -2.48. The minimum Gasteiger partial charge on any atom is -0.443 e. The third-order valence-corrected chi connectivity index (χ3v) is 1.74. The van der Waals surface area contributed by atoms with Crippen molar-refractivity contribution >= 4 is 18.0 Å². The highest BCUT2D eigenvalue weighted by Crippen LogP contribution is 2.09. The number of amides is 4. The molecule has 0 aromatic rings. The lowest BCUT2D eigenvalue weighted by Gasteiger charge is -2.22. The van der Waals surface area contributed by atoms with Gasteiger partial charge in [-0.25, -0.2) is 15.0 Å². The number of nitrogens with one attached hydrogen (secondary N) is 1. The Balaban J connectivity index is 2.58. The molecule has 0 unspecified atom stereocenters. The second kappa shape index (κ2) is 3.99. The number of hydrogen-bond acceptors (Lipinski definition) is 4. The highest BCUT2D eigenvalue weighted by atomic mass is 16.6. The van der Waals surface area contributed by atoms with Gasteiger partial charge in [-0.3, -0.25) is 4.79 Å². The molecule has 0 aromatic heterocycles. The van der Waals surface area contributed by atoms with Gasteiger partial charge < -0.3 is 9.64 Å². The molecule has 1 aliphatic rings. The van der Waals surface area contributed by atoms with E-state index in [0.717, 1.165) is 0 Å². The van der Waals surface area contributed by atoms with E-state index in [2.05, 4.69) is 5.43 Å². The molecule has 7 heteroatoms.